The number of fused-ring (bicyclic) bond motifs is 1. The van der Waals surface area contributed by atoms with Gasteiger partial charge < -0.3 is 20.1 Å². The number of carbonyl (C=O) groups excluding carboxylic acids is 1. The van der Waals surface area contributed by atoms with Crippen LogP contribution in [0.25, 0.3) is 0 Å². The summed E-state index contributed by atoms with van der Waals surface area (Å²) in [5.74, 6) is -0.0545. The molecule has 2 N–H and O–H groups in total. The first-order valence-corrected chi connectivity index (χ1v) is 6.20. The summed E-state index contributed by atoms with van der Waals surface area (Å²) < 4.78 is 9.92. The van der Waals surface area contributed by atoms with Gasteiger partial charge in [-0.1, -0.05) is 0 Å². The standard InChI is InChI=1S/C12H22N2O3/c1-16-5-3-4-13-7-11-6-12(11,9-14-8-11)10(15)17-2/h13-14H,3-9H2,1-2H3. The van der Waals surface area contributed by atoms with Gasteiger partial charge in [0.1, 0.15) is 0 Å². The molecule has 1 aliphatic carbocycles. The summed E-state index contributed by atoms with van der Waals surface area (Å²) in [6.07, 6.45) is 1.96. The van der Waals surface area contributed by atoms with Crippen molar-refractivity contribution < 1.29 is 14.3 Å². The lowest BCUT2D eigenvalue weighted by Gasteiger charge is -2.16. The second-order valence-corrected chi connectivity index (χ2v) is 5.16. The minimum Gasteiger partial charge on any atom is -0.469 e. The molecule has 0 spiro atoms. The molecule has 1 saturated carbocycles. The second kappa shape index (κ2) is 4.92. The van der Waals surface area contributed by atoms with Crippen molar-refractivity contribution in [1.29, 1.82) is 0 Å². The molecule has 2 aliphatic rings. The zero-order valence-corrected chi connectivity index (χ0v) is 10.7. The quantitative estimate of drug-likeness (QED) is 0.477. The molecule has 5 heteroatoms. The van der Waals surface area contributed by atoms with E-state index in [1.165, 1.54) is 7.11 Å². The molecule has 0 amide bonds. The van der Waals surface area contributed by atoms with Crippen LogP contribution >= 0.6 is 0 Å². The highest BCUT2D eigenvalue weighted by Gasteiger charge is 2.74. The Hall–Kier alpha value is -0.650. The minimum atomic E-state index is -0.254. The van der Waals surface area contributed by atoms with Gasteiger partial charge in [-0.25, -0.2) is 0 Å². The fraction of sp³-hybridized carbons (Fsp3) is 0.917. The van der Waals surface area contributed by atoms with Crippen LogP contribution in [0.15, 0.2) is 0 Å². The van der Waals surface area contributed by atoms with Crippen LogP contribution in [0.5, 0.6) is 0 Å². The van der Waals surface area contributed by atoms with Crippen LogP contribution in [-0.2, 0) is 14.3 Å². The van der Waals surface area contributed by atoms with E-state index in [1.807, 2.05) is 0 Å². The molecule has 5 nitrogen and oxygen atoms in total. The maximum atomic E-state index is 11.8. The van der Waals surface area contributed by atoms with Gasteiger partial charge >= 0.3 is 5.97 Å². The van der Waals surface area contributed by atoms with Crippen molar-refractivity contribution in [2.75, 3.05) is 47.0 Å². The number of rotatable bonds is 7. The van der Waals surface area contributed by atoms with Gasteiger partial charge in [0.15, 0.2) is 0 Å². The molecule has 98 valence electrons. The average Bonchev–Trinajstić information content (AvgIpc) is 2.85. The first-order valence-electron chi connectivity index (χ1n) is 6.20. The first kappa shape index (κ1) is 12.8. The van der Waals surface area contributed by atoms with E-state index < -0.39 is 0 Å². The van der Waals surface area contributed by atoms with Crippen molar-refractivity contribution in [3.8, 4) is 0 Å². The van der Waals surface area contributed by atoms with Gasteiger partial charge in [0, 0.05) is 38.8 Å². The van der Waals surface area contributed by atoms with Crippen molar-refractivity contribution >= 4 is 5.97 Å². The molecule has 2 rings (SSSR count). The summed E-state index contributed by atoms with van der Waals surface area (Å²) in [7, 11) is 3.19. The third-order valence-corrected chi connectivity index (χ3v) is 4.16. The zero-order chi connectivity index (χ0) is 12.4. The fourth-order valence-electron chi connectivity index (χ4n) is 3.05. The van der Waals surface area contributed by atoms with E-state index in [2.05, 4.69) is 10.6 Å². The number of esters is 1. The van der Waals surface area contributed by atoms with Crippen LogP contribution < -0.4 is 10.6 Å². The number of piperidine rings is 1. The smallest absolute Gasteiger partial charge is 0.313 e. The fourth-order valence-corrected chi connectivity index (χ4v) is 3.05. The molecular weight excluding hydrogens is 220 g/mol. The predicted molar refractivity (Wildman–Crippen MR) is 63.7 cm³/mol. The van der Waals surface area contributed by atoms with E-state index in [0.717, 1.165) is 45.6 Å². The average molecular weight is 242 g/mol. The Morgan fingerprint density at radius 3 is 2.94 bits per heavy atom. The summed E-state index contributed by atoms with van der Waals surface area (Å²) in [4.78, 5) is 11.8. The molecule has 2 unspecified atom stereocenters. The van der Waals surface area contributed by atoms with Gasteiger partial charge in [-0.15, -0.1) is 0 Å². The van der Waals surface area contributed by atoms with Crippen molar-refractivity contribution in [2.45, 2.75) is 12.8 Å². The van der Waals surface area contributed by atoms with E-state index in [9.17, 15) is 4.79 Å². The van der Waals surface area contributed by atoms with Crippen LogP contribution in [0.1, 0.15) is 12.8 Å². The highest BCUT2D eigenvalue weighted by atomic mass is 16.5. The molecule has 1 heterocycles. The molecule has 2 atom stereocenters. The maximum Gasteiger partial charge on any atom is 0.313 e. The summed E-state index contributed by atoms with van der Waals surface area (Å²) in [6.45, 7) is 4.28. The third-order valence-electron chi connectivity index (χ3n) is 4.16. The van der Waals surface area contributed by atoms with Crippen molar-refractivity contribution in [2.24, 2.45) is 10.8 Å². The summed E-state index contributed by atoms with van der Waals surface area (Å²) in [5.41, 5.74) is -0.164. The number of ether oxygens (including phenoxy) is 2. The Kier molecular flexibility index (Phi) is 3.70. The molecule has 0 radical (unpaired) electrons. The molecule has 1 aliphatic heterocycles. The Balaban J connectivity index is 1.79. The van der Waals surface area contributed by atoms with Gasteiger partial charge in [0.2, 0.25) is 0 Å². The predicted octanol–water partition coefficient (Wildman–Crippen LogP) is -0.235. The normalized spacial score (nSPS) is 34.5. The second-order valence-electron chi connectivity index (χ2n) is 5.16. The molecule has 1 saturated heterocycles. The van der Waals surface area contributed by atoms with Crippen molar-refractivity contribution in [1.82, 2.24) is 10.6 Å². The summed E-state index contributed by atoms with van der Waals surface area (Å²) in [5, 5.41) is 6.73. The monoisotopic (exact) mass is 242 g/mol. The van der Waals surface area contributed by atoms with Gasteiger partial charge in [0.05, 0.1) is 12.5 Å². The van der Waals surface area contributed by atoms with Crippen molar-refractivity contribution in [3.05, 3.63) is 0 Å². The molecule has 2 fully saturated rings. The van der Waals surface area contributed by atoms with Gasteiger partial charge in [0.25, 0.3) is 0 Å². The minimum absolute atomic E-state index is 0.0545. The number of methoxy groups -OCH3 is 2. The third kappa shape index (κ3) is 2.07. The highest BCUT2D eigenvalue weighted by molar-refractivity contribution is 5.83. The molecule has 0 aromatic rings. The Morgan fingerprint density at radius 1 is 1.41 bits per heavy atom. The zero-order valence-electron chi connectivity index (χ0n) is 10.7. The van der Waals surface area contributed by atoms with Crippen LogP contribution in [0, 0.1) is 10.8 Å². The lowest BCUT2D eigenvalue weighted by Crippen LogP contribution is -2.33. The van der Waals surface area contributed by atoms with Crippen molar-refractivity contribution in [3.63, 3.8) is 0 Å². The van der Waals surface area contributed by atoms with Crippen LogP contribution in [0.4, 0.5) is 0 Å². The largest absolute Gasteiger partial charge is 0.469 e. The number of hydrogen-bond donors (Lipinski definition) is 2. The Bertz CT molecular complexity index is 297. The molecule has 0 aromatic carbocycles. The Morgan fingerprint density at radius 2 is 2.24 bits per heavy atom. The van der Waals surface area contributed by atoms with Crippen LogP contribution in [0.3, 0.4) is 0 Å². The van der Waals surface area contributed by atoms with Crippen LogP contribution in [0.2, 0.25) is 0 Å². The first-order chi connectivity index (χ1) is 8.21. The van der Waals surface area contributed by atoms with E-state index in [-0.39, 0.29) is 16.8 Å². The van der Waals surface area contributed by atoms with E-state index in [4.69, 9.17) is 9.47 Å². The topological polar surface area (TPSA) is 59.6 Å². The highest BCUT2D eigenvalue weighted by Crippen LogP contribution is 2.66. The number of nitrogens with one attached hydrogen (secondary N) is 2. The Labute approximate surface area is 102 Å². The van der Waals surface area contributed by atoms with Gasteiger partial charge in [-0.05, 0) is 19.4 Å². The summed E-state index contributed by atoms with van der Waals surface area (Å²) >= 11 is 0. The molecular formula is C12H22N2O3. The van der Waals surface area contributed by atoms with E-state index >= 15 is 0 Å². The number of hydrogen-bond acceptors (Lipinski definition) is 5. The summed E-state index contributed by atoms with van der Waals surface area (Å²) in [6, 6.07) is 0. The maximum absolute atomic E-state index is 11.8. The number of carbonyl (C=O) groups is 1. The molecule has 17 heavy (non-hydrogen) atoms. The van der Waals surface area contributed by atoms with Crippen LogP contribution in [-0.4, -0.2) is 53.0 Å². The molecule has 0 aromatic heterocycles. The van der Waals surface area contributed by atoms with E-state index in [0.29, 0.717) is 0 Å². The van der Waals surface area contributed by atoms with Gasteiger partial charge in [-0.3, -0.25) is 4.79 Å². The lowest BCUT2D eigenvalue weighted by atomic mass is 9.96. The SMILES string of the molecule is COCCCNCC12CNCC1(C(=O)OC)C2. The molecule has 0 bridgehead atoms. The van der Waals surface area contributed by atoms with Gasteiger partial charge in [-0.2, -0.15) is 0 Å². The lowest BCUT2D eigenvalue weighted by molar-refractivity contribution is -0.147. The van der Waals surface area contributed by atoms with E-state index in [1.54, 1.807) is 7.11 Å².